The van der Waals surface area contributed by atoms with Crippen LogP contribution in [-0.2, 0) is 14.3 Å². The Morgan fingerprint density at radius 3 is 2.23 bits per heavy atom. The van der Waals surface area contributed by atoms with Gasteiger partial charge in [0.05, 0.1) is 6.10 Å². The Hall–Kier alpha value is -0.810. The van der Waals surface area contributed by atoms with Gasteiger partial charge in [-0.2, -0.15) is 0 Å². The molecule has 1 aliphatic rings. The van der Waals surface area contributed by atoms with E-state index in [9.17, 15) is 9.59 Å². The summed E-state index contributed by atoms with van der Waals surface area (Å²) in [7, 11) is 0. The Morgan fingerprint density at radius 2 is 1.65 bits per heavy atom. The molecule has 0 saturated heterocycles. The highest BCUT2D eigenvalue weighted by molar-refractivity contribution is 8.04. The molecule has 1 rings (SSSR count). The molecule has 0 amide bonds. The predicted molar refractivity (Wildman–Crippen MR) is 108 cm³/mol. The zero-order valence-corrected chi connectivity index (χ0v) is 17.3. The van der Waals surface area contributed by atoms with Crippen molar-refractivity contribution in [3.63, 3.8) is 0 Å². The van der Waals surface area contributed by atoms with Crippen LogP contribution in [-0.4, -0.2) is 27.9 Å². The summed E-state index contributed by atoms with van der Waals surface area (Å²) in [5.41, 5.74) is 0. The molecule has 5 heteroatoms. The topological polar surface area (TPSA) is 63.6 Å². The smallest absolute Gasteiger partial charge is 0.311 e. The molecule has 0 spiro atoms. The van der Waals surface area contributed by atoms with Gasteiger partial charge in [0.15, 0.2) is 10.7 Å². The molecule has 0 aromatic heterocycles. The van der Waals surface area contributed by atoms with Gasteiger partial charge in [-0.05, 0) is 18.2 Å². The van der Waals surface area contributed by atoms with Gasteiger partial charge in [-0.15, -0.1) is 0 Å². The van der Waals surface area contributed by atoms with Crippen LogP contribution < -0.4 is 0 Å². The van der Waals surface area contributed by atoms with Crippen LogP contribution in [0.3, 0.4) is 0 Å². The van der Waals surface area contributed by atoms with Gasteiger partial charge in [-0.25, -0.2) is 0 Å². The summed E-state index contributed by atoms with van der Waals surface area (Å²) in [6.45, 7) is 4.38. The zero-order valence-electron chi connectivity index (χ0n) is 16.5. The molecule has 1 N–H and O–H groups in total. The molecule has 26 heavy (non-hydrogen) atoms. The second kappa shape index (κ2) is 13.4. The molecule has 0 radical (unpaired) electrons. The first-order valence-corrected chi connectivity index (χ1v) is 11.2. The number of unbranched alkanes of at least 4 members (excludes halogenated alkanes) is 7. The average Bonchev–Trinajstić information content (AvgIpc) is 3.08. The van der Waals surface area contributed by atoms with Crippen molar-refractivity contribution in [2.75, 3.05) is 0 Å². The van der Waals surface area contributed by atoms with Crippen molar-refractivity contribution in [2.24, 2.45) is 0 Å². The maximum Gasteiger partial charge on any atom is 0.311 e. The van der Waals surface area contributed by atoms with E-state index in [2.05, 4.69) is 13.8 Å². The van der Waals surface area contributed by atoms with Crippen molar-refractivity contribution in [3.8, 4) is 0 Å². The Labute approximate surface area is 163 Å². The number of carboxylic acid groups (broad SMARTS) is 1. The Kier molecular flexibility index (Phi) is 11.9. The average molecular weight is 385 g/mol. The summed E-state index contributed by atoms with van der Waals surface area (Å²) in [6.07, 6.45) is 14.8. The number of carbonyl (C=O) groups is 2. The van der Waals surface area contributed by atoms with E-state index in [0.29, 0.717) is 6.42 Å². The molecule has 1 heterocycles. The minimum Gasteiger partial charge on any atom is -0.481 e. The van der Waals surface area contributed by atoms with E-state index in [1.807, 2.05) is 11.5 Å². The number of hydrogen-bond acceptors (Lipinski definition) is 4. The molecule has 1 aliphatic heterocycles. The quantitative estimate of drug-likeness (QED) is 0.257. The zero-order chi connectivity index (χ0) is 19.3. The van der Waals surface area contributed by atoms with Gasteiger partial charge in [0, 0.05) is 6.42 Å². The minimum atomic E-state index is -1.08. The van der Waals surface area contributed by atoms with Crippen molar-refractivity contribution in [1.29, 1.82) is 0 Å². The monoisotopic (exact) mass is 384 g/mol. The lowest BCUT2D eigenvalue weighted by molar-refractivity contribution is -0.148. The van der Waals surface area contributed by atoms with E-state index in [4.69, 9.17) is 9.84 Å². The number of aliphatic carboxylic acids is 1. The molecule has 0 aromatic rings. The van der Waals surface area contributed by atoms with Crippen LogP contribution in [0.25, 0.3) is 0 Å². The van der Waals surface area contributed by atoms with Crippen LogP contribution in [0, 0.1) is 0 Å². The molecule has 150 valence electrons. The van der Waals surface area contributed by atoms with Crippen LogP contribution >= 0.6 is 11.8 Å². The molecule has 2 atom stereocenters. The highest BCUT2D eigenvalue weighted by Gasteiger charge is 2.43. The Balaban J connectivity index is 2.52. The fraction of sp³-hybridized carbons (Fsp3) is 0.810. The molecule has 0 aromatic carbocycles. The number of thioether (sulfide) groups is 1. The first kappa shape index (κ1) is 23.2. The second-order valence-electron chi connectivity index (χ2n) is 7.23. The van der Waals surface area contributed by atoms with Crippen LogP contribution in [0.15, 0.2) is 11.5 Å². The maximum absolute atomic E-state index is 12.5. The van der Waals surface area contributed by atoms with Crippen LogP contribution in [0.1, 0.15) is 97.3 Å². The lowest BCUT2D eigenvalue weighted by Crippen LogP contribution is -2.40. The van der Waals surface area contributed by atoms with Gasteiger partial charge in [-0.3, -0.25) is 9.59 Å². The van der Waals surface area contributed by atoms with Crippen molar-refractivity contribution in [1.82, 2.24) is 0 Å². The number of carbonyl (C=O) groups excluding carboxylic acids is 1. The van der Waals surface area contributed by atoms with Gasteiger partial charge in [0.25, 0.3) is 0 Å². The predicted octanol–water partition coefficient (Wildman–Crippen LogP) is 6.09. The lowest BCUT2D eigenvalue weighted by atomic mass is 10.0. The Bertz CT molecular complexity index is 439. The van der Waals surface area contributed by atoms with Crippen molar-refractivity contribution in [2.45, 2.75) is 108 Å². The van der Waals surface area contributed by atoms with Crippen LogP contribution in [0.4, 0.5) is 0 Å². The first-order valence-electron chi connectivity index (χ1n) is 10.3. The summed E-state index contributed by atoms with van der Waals surface area (Å²) >= 11 is 1.34. The van der Waals surface area contributed by atoms with Gasteiger partial charge < -0.3 is 9.84 Å². The molecular formula is C21H36O4S. The minimum absolute atomic E-state index is 0.0377. The molecule has 0 bridgehead atoms. The number of carboxylic acids is 1. The number of Topliss-reactive ketones (excluding diaryl/α,β-unsaturated/α-hetero) is 1. The summed E-state index contributed by atoms with van der Waals surface area (Å²) in [5, 5.41) is 10.9. The molecule has 0 aliphatic carbocycles. The highest BCUT2D eigenvalue weighted by Crippen LogP contribution is 2.41. The normalized spacial score (nSPS) is 20.4. The number of hydrogen-bond donors (Lipinski definition) is 1. The lowest BCUT2D eigenvalue weighted by Gasteiger charge is -2.32. The second-order valence-corrected chi connectivity index (χ2v) is 8.40. The van der Waals surface area contributed by atoms with Gasteiger partial charge in [-0.1, -0.05) is 89.5 Å². The van der Waals surface area contributed by atoms with E-state index in [1.165, 1.54) is 50.3 Å². The van der Waals surface area contributed by atoms with E-state index in [1.54, 1.807) is 0 Å². The molecular weight excluding hydrogens is 348 g/mol. The first-order chi connectivity index (χ1) is 12.5. The van der Waals surface area contributed by atoms with E-state index >= 15 is 0 Å². The third kappa shape index (κ3) is 8.72. The van der Waals surface area contributed by atoms with Gasteiger partial charge in [0.2, 0.25) is 0 Å². The van der Waals surface area contributed by atoms with E-state index in [-0.39, 0.29) is 11.9 Å². The molecule has 0 fully saturated rings. The highest BCUT2D eigenvalue weighted by atomic mass is 32.2. The standard InChI is InChI=1S/C21H36O4S/c1-3-5-7-8-9-10-11-14-18(13-6-4-2)25-21(15-12-16-26-21)19(22)17-20(23)24/h12,16,18H,3-11,13-15,17H2,1-2H3,(H,23,24). The summed E-state index contributed by atoms with van der Waals surface area (Å²) in [4.78, 5) is 22.5. The van der Waals surface area contributed by atoms with Crippen molar-refractivity contribution >= 4 is 23.5 Å². The van der Waals surface area contributed by atoms with Crippen LogP contribution in [0.5, 0.6) is 0 Å². The van der Waals surface area contributed by atoms with Crippen molar-refractivity contribution < 1.29 is 19.4 Å². The number of rotatable bonds is 16. The van der Waals surface area contributed by atoms with Crippen LogP contribution in [0.2, 0.25) is 0 Å². The summed E-state index contributed by atoms with van der Waals surface area (Å²) in [5.74, 6) is -1.40. The fourth-order valence-corrected chi connectivity index (χ4v) is 4.29. The van der Waals surface area contributed by atoms with E-state index in [0.717, 1.165) is 32.1 Å². The van der Waals surface area contributed by atoms with Gasteiger partial charge in [0.1, 0.15) is 6.42 Å². The SMILES string of the molecule is CCCCCCCCCC(CCCC)OC1(C(=O)CC(=O)O)CC=CS1. The summed E-state index contributed by atoms with van der Waals surface area (Å²) < 4.78 is 6.30. The number of ketones is 1. The van der Waals surface area contributed by atoms with Gasteiger partial charge >= 0.3 is 5.97 Å². The Morgan fingerprint density at radius 1 is 1.04 bits per heavy atom. The van der Waals surface area contributed by atoms with Crippen molar-refractivity contribution in [3.05, 3.63) is 11.5 Å². The number of ether oxygens (including phenoxy) is 1. The van der Waals surface area contributed by atoms with E-state index < -0.39 is 17.3 Å². The fourth-order valence-electron chi connectivity index (χ4n) is 3.29. The largest absolute Gasteiger partial charge is 0.481 e. The maximum atomic E-state index is 12.5. The molecule has 0 saturated carbocycles. The molecule has 4 nitrogen and oxygen atoms in total. The molecule has 2 unspecified atom stereocenters. The third-order valence-electron chi connectivity index (χ3n) is 4.84. The summed E-state index contributed by atoms with van der Waals surface area (Å²) in [6, 6.07) is 0. The third-order valence-corrected chi connectivity index (χ3v) is 6.04.